The Kier molecular flexibility index (Phi) is 2.44. The van der Waals surface area contributed by atoms with Crippen LogP contribution in [0, 0.1) is 0 Å². The minimum Gasteiger partial charge on any atom is -0.506 e. The van der Waals surface area contributed by atoms with Crippen LogP contribution >= 0.6 is 0 Å². The van der Waals surface area contributed by atoms with Crippen molar-refractivity contribution in [3.63, 3.8) is 0 Å². The van der Waals surface area contributed by atoms with Crippen LogP contribution in [-0.2, 0) is 4.79 Å². The molecule has 0 spiro atoms. The SMILES string of the molecule is CN1CCC(N=C=O)c2cccc(O)c21. The molecule has 0 aromatic heterocycles. The molecule has 1 aliphatic rings. The molecule has 15 heavy (non-hydrogen) atoms. The van der Waals surface area contributed by atoms with Gasteiger partial charge in [-0.15, -0.1) is 0 Å². The topological polar surface area (TPSA) is 52.9 Å². The van der Waals surface area contributed by atoms with E-state index >= 15 is 0 Å². The van der Waals surface area contributed by atoms with Crippen molar-refractivity contribution in [3.05, 3.63) is 23.8 Å². The maximum absolute atomic E-state index is 10.3. The van der Waals surface area contributed by atoms with Gasteiger partial charge in [-0.05, 0) is 12.5 Å². The third-order valence-corrected chi connectivity index (χ3v) is 2.73. The van der Waals surface area contributed by atoms with Crippen LogP contribution in [0.25, 0.3) is 0 Å². The number of nitrogens with zero attached hydrogens (tertiary/aromatic N) is 2. The van der Waals surface area contributed by atoms with Crippen molar-refractivity contribution in [1.29, 1.82) is 0 Å². The lowest BCUT2D eigenvalue weighted by molar-refractivity contribution is 0.468. The number of hydrogen-bond acceptors (Lipinski definition) is 4. The zero-order valence-electron chi connectivity index (χ0n) is 8.47. The van der Waals surface area contributed by atoms with Gasteiger partial charge in [0.1, 0.15) is 5.75 Å². The molecule has 1 N–H and O–H groups in total. The molecule has 0 amide bonds. The maximum atomic E-state index is 10.3. The first-order valence-electron chi connectivity index (χ1n) is 4.84. The van der Waals surface area contributed by atoms with Gasteiger partial charge in [-0.1, -0.05) is 12.1 Å². The van der Waals surface area contributed by atoms with Crippen molar-refractivity contribution < 1.29 is 9.90 Å². The highest BCUT2D eigenvalue weighted by Crippen LogP contribution is 2.40. The van der Waals surface area contributed by atoms with Crippen LogP contribution in [0.4, 0.5) is 5.69 Å². The minimum atomic E-state index is -0.166. The predicted molar refractivity (Wildman–Crippen MR) is 56.9 cm³/mol. The molecule has 1 aromatic carbocycles. The highest BCUT2D eigenvalue weighted by molar-refractivity contribution is 5.65. The van der Waals surface area contributed by atoms with E-state index in [0.717, 1.165) is 24.2 Å². The first-order chi connectivity index (χ1) is 7.24. The number of phenols is 1. The molecule has 0 saturated carbocycles. The summed E-state index contributed by atoms with van der Waals surface area (Å²) in [6, 6.07) is 5.12. The van der Waals surface area contributed by atoms with Gasteiger partial charge in [-0.25, -0.2) is 4.79 Å². The molecule has 78 valence electrons. The monoisotopic (exact) mass is 204 g/mol. The van der Waals surface area contributed by atoms with Crippen LogP contribution in [0.1, 0.15) is 18.0 Å². The third-order valence-electron chi connectivity index (χ3n) is 2.73. The van der Waals surface area contributed by atoms with Crippen LogP contribution in [0.5, 0.6) is 5.75 Å². The van der Waals surface area contributed by atoms with Gasteiger partial charge < -0.3 is 10.0 Å². The molecule has 1 unspecified atom stereocenters. The summed E-state index contributed by atoms with van der Waals surface area (Å²) in [5.41, 5.74) is 1.67. The van der Waals surface area contributed by atoms with Crippen LogP contribution in [0.2, 0.25) is 0 Å². The lowest BCUT2D eigenvalue weighted by Crippen LogP contribution is -2.26. The number of hydrogen-bond donors (Lipinski definition) is 1. The van der Waals surface area contributed by atoms with Gasteiger partial charge in [-0.2, -0.15) is 4.99 Å². The summed E-state index contributed by atoms with van der Waals surface area (Å²) >= 11 is 0. The Labute approximate surface area is 87.9 Å². The molecule has 4 heteroatoms. The lowest BCUT2D eigenvalue weighted by atomic mass is 9.97. The second-order valence-corrected chi connectivity index (χ2v) is 3.66. The summed E-state index contributed by atoms with van der Waals surface area (Å²) in [6.45, 7) is 0.778. The van der Waals surface area contributed by atoms with Crippen LogP contribution in [0.3, 0.4) is 0 Å². The van der Waals surface area contributed by atoms with E-state index in [0.29, 0.717) is 0 Å². The molecule has 4 nitrogen and oxygen atoms in total. The second kappa shape index (κ2) is 3.75. The Morgan fingerprint density at radius 2 is 2.40 bits per heavy atom. The van der Waals surface area contributed by atoms with E-state index in [1.54, 1.807) is 18.2 Å². The largest absolute Gasteiger partial charge is 0.506 e. The Morgan fingerprint density at radius 1 is 1.60 bits per heavy atom. The van der Waals surface area contributed by atoms with Crippen molar-refractivity contribution in [3.8, 4) is 5.75 Å². The summed E-state index contributed by atoms with van der Waals surface area (Å²) in [7, 11) is 1.92. The van der Waals surface area contributed by atoms with Gasteiger partial charge in [0.05, 0.1) is 11.7 Å². The van der Waals surface area contributed by atoms with Gasteiger partial charge in [0.25, 0.3) is 0 Å². The van der Waals surface area contributed by atoms with Crippen molar-refractivity contribution in [2.24, 2.45) is 4.99 Å². The Hall–Kier alpha value is -1.80. The average molecular weight is 204 g/mol. The quantitative estimate of drug-likeness (QED) is 0.558. The van der Waals surface area contributed by atoms with Gasteiger partial charge in [0, 0.05) is 19.2 Å². The van der Waals surface area contributed by atoms with Gasteiger partial charge in [0.15, 0.2) is 0 Å². The number of isocyanates is 1. The van der Waals surface area contributed by atoms with Crippen molar-refractivity contribution >= 4 is 11.8 Å². The Balaban J connectivity index is 2.54. The fraction of sp³-hybridized carbons (Fsp3) is 0.364. The minimum absolute atomic E-state index is 0.166. The van der Waals surface area contributed by atoms with Crippen LogP contribution in [0.15, 0.2) is 23.2 Å². The lowest BCUT2D eigenvalue weighted by Gasteiger charge is -2.31. The van der Waals surface area contributed by atoms with Crippen molar-refractivity contribution in [1.82, 2.24) is 0 Å². The van der Waals surface area contributed by atoms with E-state index < -0.39 is 0 Å². The molecule has 2 rings (SSSR count). The summed E-state index contributed by atoms with van der Waals surface area (Å²) in [5, 5.41) is 9.73. The number of anilines is 1. The van der Waals surface area contributed by atoms with Crippen molar-refractivity contribution in [2.75, 3.05) is 18.5 Å². The summed E-state index contributed by atoms with van der Waals surface area (Å²) < 4.78 is 0. The van der Waals surface area contributed by atoms with Crippen molar-refractivity contribution in [2.45, 2.75) is 12.5 Å². The fourth-order valence-corrected chi connectivity index (χ4v) is 2.01. The standard InChI is InChI=1S/C11H12N2O2/c1-13-6-5-9(12-7-14)8-3-2-4-10(15)11(8)13/h2-4,9,15H,5-6H2,1H3. The molecule has 1 heterocycles. The molecule has 1 aliphatic heterocycles. The summed E-state index contributed by atoms with van der Waals surface area (Å²) in [4.78, 5) is 16.0. The van der Waals surface area contributed by atoms with Gasteiger partial charge in [-0.3, -0.25) is 0 Å². The molecule has 1 aromatic rings. The van der Waals surface area contributed by atoms with Crippen LogP contribution < -0.4 is 4.90 Å². The molecule has 0 fully saturated rings. The normalized spacial score (nSPS) is 19.3. The molecule has 1 atom stereocenters. The number of fused-ring (bicyclic) bond motifs is 1. The van der Waals surface area contributed by atoms with Gasteiger partial charge >= 0.3 is 0 Å². The Morgan fingerprint density at radius 3 is 3.13 bits per heavy atom. The molecule has 0 aliphatic carbocycles. The van der Waals surface area contributed by atoms with E-state index in [9.17, 15) is 9.90 Å². The first kappa shape index (κ1) is 9.74. The smallest absolute Gasteiger partial charge is 0.235 e. The highest BCUT2D eigenvalue weighted by atomic mass is 16.3. The molecule has 0 radical (unpaired) electrons. The average Bonchev–Trinajstić information content (AvgIpc) is 2.22. The highest BCUT2D eigenvalue weighted by Gasteiger charge is 2.24. The van der Waals surface area contributed by atoms with E-state index in [-0.39, 0.29) is 11.8 Å². The number of para-hydroxylation sites is 1. The predicted octanol–water partition coefficient (Wildman–Crippen LogP) is 1.61. The summed E-state index contributed by atoms with van der Waals surface area (Å²) in [5.74, 6) is 0.237. The van der Waals surface area contributed by atoms with E-state index in [1.807, 2.05) is 18.0 Å². The number of aliphatic imine (C=N–C) groups is 1. The Bertz CT molecular complexity index is 425. The molecular weight excluding hydrogens is 192 g/mol. The number of phenolic OH excluding ortho intramolecular Hbond substituents is 1. The van der Waals surface area contributed by atoms with E-state index in [4.69, 9.17) is 0 Å². The second-order valence-electron chi connectivity index (χ2n) is 3.66. The molecular formula is C11H12N2O2. The number of carbonyl (C=O) groups excluding carboxylic acids is 1. The number of rotatable bonds is 1. The number of benzene rings is 1. The molecule has 0 bridgehead atoms. The zero-order valence-corrected chi connectivity index (χ0v) is 8.47. The first-order valence-corrected chi connectivity index (χ1v) is 4.84. The number of aromatic hydroxyl groups is 1. The van der Waals surface area contributed by atoms with Crippen LogP contribution in [-0.4, -0.2) is 24.8 Å². The molecule has 0 saturated heterocycles. The van der Waals surface area contributed by atoms with Gasteiger partial charge in [0.2, 0.25) is 6.08 Å². The summed E-state index contributed by atoms with van der Waals surface area (Å²) in [6.07, 6.45) is 2.37. The van der Waals surface area contributed by atoms with E-state index in [1.165, 1.54) is 0 Å². The maximum Gasteiger partial charge on any atom is 0.235 e. The fourth-order valence-electron chi connectivity index (χ4n) is 2.01. The third kappa shape index (κ3) is 1.60. The zero-order chi connectivity index (χ0) is 10.8. The van der Waals surface area contributed by atoms with E-state index in [2.05, 4.69) is 4.99 Å².